The average molecular weight is 203 g/mol. The van der Waals surface area contributed by atoms with Gasteiger partial charge in [-0.15, -0.1) is 0 Å². The first-order valence-electron chi connectivity index (χ1n) is 6.12. The molecule has 0 spiro atoms. The zero-order valence-electron chi connectivity index (χ0n) is 9.79. The van der Waals surface area contributed by atoms with E-state index in [-0.39, 0.29) is 0 Å². The topological polar surface area (TPSA) is 12.0 Å². The number of nitrogens with one attached hydrogen (secondary N) is 1. The molecule has 0 aromatic heterocycles. The van der Waals surface area contributed by atoms with E-state index >= 15 is 0 Å². The lowest BCUT2D eigenvalue weighted by Gasteiger charge is -2.28. The lowest BCUT2D eigenvalue weighted by molar-refractivity contribution is 0.385. The summed E-state index contributed by atoms with van der Waals surface area (Å²) in [4.78, 5) is 0. The molecule has 15 heavy (non-hydrogen) atoms. The first-order chi connectivity index (χ1) is 7.29. The van der Waals surface area contributed by atoms with Crippen molar-refractivity contribution < 1.29 is 0 Å². The van der Waals surface area contributed by atoms with Crippen molar-refractivity contribution in [3.05, 3.63) is 35.4 Å². The number of hydrogen-bond acceptors (Lipinski definition) is 1. The van der Waals surface area contributed by atoms with Gasteiger partial charge in [-0.1, -0.05) is 31.2 Å². The Morgan fingerprint density at radius 3 is 2.47 bits per heavy atom. The molecule has 0 amide bonds. The first kappa shape index (κ1) is 10.7. The van der Waals surface area contributed by atoms with Crippen molar-refractivity contribution in [2.45, 2.75) is 45.1 Å². The third kappa shape index (κ3) is 2.60. The van der Waals surface area contributed by atoms with Crippen LogP contribution >= 0.6 is 0 Å². The van der Waals surface area contributed by atoms with Gasteiger partial charge in [0.15, 0.2) is 0 Å². The quantitative estimate of drug-likeness (QED) is 0.779. The molecule has 1 aromatic carbocycles. The molecular formula is C14H21N. The van der Waals surface area contributed by atoms with Crippen molar-refractivity contribution in [1.82, 2.24) is 5.32 Å². The highest BCUT2D eigenvalue weighted by Gasteiger charge is 2.18. The molecule has 2 unspecified atom stereocenters. The fraction of sp³-hybridized carbons (Fsp3) is 0.571. The largest absolute Gasteiger partial charge is 0.314 e. The van der Waals surface area contributed by atoms with E-state index in [4.69, 9.17) is 0 Å². The second-order valence-corrected chi connectivity index (χ2v) is 4.68. The molecule has 1 heterocycles. The van der Waals surface area contributed by atoms with Gasteiger partial charge in [0, 0.05) is 12.6 Å². The van der Waals surface area contributed by atoms with E-state index in [0.29, 0.717) is 6.04 Å². The number of rotatable bonds is 2. The lowest BCUT2D eigenvalue weighted by atomic mass is 9.89. The van der Waals surface area contributed by atoms with E-state index in [0.717, 1.165) is 18.9 Å². The molecule has 0 radical (unpaired) electrons. The van der Waals surface area contributed by atoms with Crippen LogP contribution in [-0.2, 0) is 6.42 Å². The second-order valence-electron chi connectivity index (χ2n) is 4.68. The van der Waals surface area contributed by atoms with Crippen molar-refractivity contribution in [3.8, 4) is 0 Å². The predicted molar refractivity (Wildman–Crippen MR) is 65.3 cm³/mol. The molecule has 1 nitrogen and oxygen atoms in total. The SMILES string of the molecule is CCc1ccc(C2CCC(C)NC2)cc1. The summed E-state index contributed by atoms with van der Waals surface area (Å²) in [7, 11) is 0. The molecule has 2 atom stereocenters. The Labute approximate surface area is 92.9 Å². The minimum atomic E-state index is 0.705. The fourth-order valence-corrected chi connectivity index (χ4v) is 2.31. The van der Waals surface area contributed by atoms with Crippen molar-refractivity contribution >= 4 is 0 Å². The smallest absolute Gasteiger partial charge is 0.00391 e. The Balaban J connectivity index is 2.03. The van der Waals surface area contributed by atoms with Gasteiger partial charge < -0.3 is 5.32 Å². The Morgan fingerprint density at radius 2 is 1.93 bits per heavy atom. The normalized spacial score (nSPS) is 26.5. The Morgan fingerprint density at radius 1 is 1.20 bits per heavy atom. The van der Waals surface area contributed by atoms with Gasteiger partial charge in [-0.2, -0.15) is 0 Å². The van der Waals surface area contributed by atoms with Crippen LogP contribution in [0.2, 0.25) is 0 Å². The molecule has 1 aliphatic heterocycles. The highest BCUT2D eigenvalue weighted by molar-refractivity contribution is 5.26. The number of benzene rings is 1. The van der Waals surface area contributed by atoms with Crippen molar-refractivity contribution in [2.75, 3.05) is 6.54 Å². The van der Waals surface area contributed by atoms with E-state index < -0.39 is 0 Å². The van der Waals surface area contributed by atoms with Gasteiger partial charge in [0.05, 0.1) is 0 Å². The van der Waals surface area contributed by atoms with Gasteiger partial charge in [-0.05, 0) is 43.2 Å². The van der Waals surface area contributed by atoms with Crippen LogP contribution in [0.1, 0.15) is 43.7 Å². The van der Waals surface area contributed by atoms with Gasteiger partial charge in [0.25, 0.3) is 0 Å². The maximum Gasteiger partial charge on any atom is 0.00391 e. The first-order valence-corrected chi connectivity index (χ1v) is 6.12. The third-order valence-electron chi connectivity index (χ3n) is 3.52. The molecule has 0 aliphatic carbocycles. The summed E-state index contributed by atoms with van der Waals surface area (Å²) in [5.74, 6) is 0.729. The molecule has 1 aromatic rings. The fourth-order valence-electron chi connectivity index (χ4n) is 2.31. The van der Waals surface area contributed by atoms with E-state index in [1.165, 1.54) is 24.0 Å². The average Bonchev–Trinajstić information content (AvgIpc) is 2.30. The van der Waals surface area contributed by atoms with Crippen molar-refractivity contribution in [1.29, 1.82) is 0 Å². The molecular weight excluding hydrogens is 182 g/mol. The molecule has 0 bridgehead atoms. The summed E-state index contributed by atoms with van der Waals surface area (Å²) < 4.78 is 0. The zero-order chi connectivity index (χ0) is 10.7. The molecule has 82 valence electrons. The van der Waals surface area contributed by atoms with Crippen LogP contribution in [0.25, 0.3) is 0 Å². The summed E-state index contributed by atoms with van der Waals surface area (Å²) in [6.07, 6.45) is 3.78. The Kier molecular flexibility index (Phi) is 3.42. The minimum Gasteiger partial charge on any atom is -0.314 e. The highest BCUT2D eigenvalue weighted by atomic mass is 14.9. The lowest BCUT2D eigenvalue weighted by Crippen LogP contribution is -2.35. The summed E-state index contributed by atoms with van der Waals surface area (Å²) in [5.41, 5.74) is 2.95. The van der Waals surface area contributed by atoms with Crippen molar-refractivity contribution in [3.63, 3.8) is 0 Å². The Bertz CT molecular complexity index is 294. The number of aryl methyl sites for hydroxylation is 1. The number of piperidine rings is 1. The van der Waals surface area contributed by atoms with Crippen molar-refractivity contribution in [2.24, 2.45) is 0 Å². The van der Waals surface area contributed by atoms with E-state index in [1.807, 2.05) is 0 Å². The van der Waals surface area contributed by atoms with Crippen LogP contribution in [0.15, 0.2) is 24.3 Å². The van der Waals surface area contributed by atoms with Gasteiger partial charge >= 0.3 is 0 Å². The summed E-state index contributed by atoms with van der Waals surface area (Å²) in [6.45, 7) is 5.63. The maximum absolute atomic E-state index is 3.56. The van der Waals surface area contributed by atoms with E-state index in [9.17, 15) is 0 Å². The maximum atomic E-state index is 3.56. The Hall–Kier alpha value is -0.820. The minimum absolute atomic E-state index is 0.705. The molecule has 1 aliphatic rings. The highest BCUT2D eigenvalue weighted by Crippen LogP contribution is 2.25. The standard InChI is InChI=1S/C14H21N/c1-3-12-5-8-13(9-6-12)14-7-4-11(2)15-10-14/h5-6,8-9,11,14-15H,3-4,7,10H2,1-2H3. The monoisotopic (exact) mass is 203 g/mol. The van der Waals surface area contributed by atoms with Gasteiger partial charge in [-0.25, -0.2) is 0 Å². The van der Waals surface area contributed by atoms with Crippen LogP contribution in [0.5, 0.6) is 0 Å². The molecule has 2 rings (SSSR count). The second kappa shape index (κ2) is 4.80. The predicted octanol–water partition coefficient (Wildman–Crippen LogP) is 3.10. The molecule has 1 heteroatoms. The molecule has 1 fully saturated rings. The third-order valence-corrected chi connectivity index (χ3v) is 3.52. The summed E-state index contributed by atoms with van der Waals surface area (Å²) in [5, 5.41) is 3.56. The van der Waals surface area contributed by atoms with Crippen LogP contribution in [0, 0.1) is 0 Å². The zero-order valence-corrected chi connectivity index (χ0v) is 9.79. The number of hydrogen-bond donors (Lipinski definition) is 1. The van der Waals surface area contributed by atoms with E-state index in [1.54, 1.807) is 0 Å². The van der Waals surface area contributed by atoms with Crippen LogP contribution < -0.4 is 5.32 Å². The molecule has 0 saturated carbocycles. The van der Waals surface area contributed by atoms with Gasteiger partial charge in [0.2, 0.25) is 0 Å². The van der Waals surface area contributed by atoms with Gasteiger partial charge in [-0.3, -0.25) is 0 Å². The van der Waals surface area contributed by atoms with Crippen LogP contribution in [0.4, 0.5) is 0 Å². The molecule has 1 N–H and O–H groups in total. The van der Waals surface area contributed by atoms with Crippen LogP contribution in [-0.4, -0.2) is 12.6 Å². The summed E-state index contributed by atoms with van der Waals surface area (Å²) >= 11 is 0. The van der Waals surface area contributed by atoms with E-state index in [2.05, 4.69) is 43.4 Å². The molecule has 1 saturated heterocycles. The van der Waals surface area contributed by atoms with Gasteiger partial charge in [0.1, 0.15) is 0 Å². The summed E-state index contributed by atoms with van der Waals surface area (Å²) in [6, 6.07) is 9.86. The van der Waals surface area contributed by atoms with Crippen LogP contribution in [0.3, 0.4) is 0 Å².